The first-order valence-electron chi connectivity index (χ1n) is 19.1. The Hall–Kier alpha value is -4.27. The number of piperidine rings is 2. The van der Waals surface area contributed by atoms with Crippen LogP contribution >= 0.6 is 0 Å². The van der Waals surface area contributed by atoms with Crippen LogP contribution < -0.4 is 10.1 Å². The van der Waals surface area contributed by atoms with Crippen molar-refractivity contribution in [2.45, 2.75) is 76.4 Å². The molecule has 2 N–H and O–H groups in total. The van der Waals surface area contributed by atoms with Crippen LogP contribution in [-0.4, -0.2) is 83.2 Å². The lowest BCUT2D eigenvalue weighted by Gasteiger charge is -2.38. The molecule has 2 unspecified atom stereocenters. The molecule has 51 heavy (non-hydrogen) atoms. The number of carbonyl (C=O) groups is 2. The van der Waals surface area contributed by atoms with Crippen molar-refractivity contribution in [1.29, 1.82) is 0 Å². The molecule has 2 fully saturated rings. The number of nitrogens with one attached hydrogen (secondary N) is 1. The highest BCUT2D eigenvalue weighted by molar-refractivity contribution is 5.85. The number of aryl methyl sites for hydroxylation is 2. The molecule has 8 nitrogen and oxygen atoms in total. The average molecular weight is 691 g/mol. The van der Waals surface area contributed by atoms with Gasteiger partial charge >= 0.3 is 0 Å². The summed E-state index contributed by atoms with van der Waals surface area (Å²) in [6, 6.07) is 30.8. The quantitative estimate of drug-likeness (QED) is 0.140. The van der Waals surface area contributed by atoms with E-state index >= 15 is 0 Å². The maximum Gasteiger partial charge on any atom is 0.226 e. The summed E-state index contributed by atoms with van der Waals surface area (Å²) in [5.74, 6) is 0.638. The van der Waals surface area contributed by atoms with Gasteiger partial charge in [-0.15, -0.1) is 0 Å². The van der Waals surface area contributed by atoms with Gasteiger partial charge in [0.2, 0.25) is 11.8 Å². The number of likely N-dealkylation sites (tertiary alicyclic amines) is 2. The van der Waals surface area contributed by atoms with Crippen LogP contribution in [0.4, 0.5) is 0 Å². The first-order valence-corrected chi connectivity index (χ1v) is 19.1. The SMILES string of the molecule is O=C(NC(CCCc1ccccc1)CCCc1ccccc1)C1CCCN(C(=O)C2CCCN(C[C@@H](O)COc3cccc4ncccc34)C2)C1. The molecule has 4 aromatic rings. The highest BCUT2D eigenvalue weighted by Gasteiger charge is 2.34. The number of aliphatic hydroxyl groups is 1. The number of hydrogen-bond acceptors (Lipinski definition) is 6. The van der Waals surface area contributed by atoms with E-state index in [1.807, 2.05) is 47.4 Å². The van der Waals surface area contributed by atoms with Gasteiger partial charge in [-0.2, -0.15) is 0 Å². The van der Waals surface area contributed by atoms with Crippen LogP contribution in [0.3, 0.4) is 0 Å². The smallest absolute Gasteiger partial charge is 0.226 e. The predicted octanol–water partition coefficient (Wildman–Crippen LogP) is 6.46. The monoisotopic (exact) mass is 690 g/mol. The van der Waals surface area contributed by atoms with Crippen molar-refractivity contribution < 1.29 is 19.4 Å². The predicted molar refractivity (Wildman–Crippen MR) is 202 cm³/mol. The van der Waals surface area contributed by atoms with Crippen molar-refractivity contribution in [2.24, 2.45) is 11.8 Å². The van der Waals surface area contributed by atoms with Gasteiger partial charge in [-0.25, -0.2) is 0 Å². The van der Waals surface area contributed by atoms with E-state index in [4.69, 9.17) is 4.74 Å². The van der Waals surface area contributed by atoms with Crippen LogP contribution in [0, 0.1) is 11.8 Å². The van der Waals surface area contributed by atoms with Crippen molar-refractivity contribution in [3.8, 4) is 5.75 Å². The van der Waals surface area contributed by atoms with Crippen LogP contribution in [-0.2, 0) is 22.4 Å². The topological polar surface area (TPSA) is 95.0 Å². The van der Waals surface area contributed by atoms with Gasteiger partial charge in [0, 0.05) is 43.8 Å². The Bertz CT molecular complexity index is 1620. The lowest BCUT2D eigenvalue weighted by Crippen LogP contribution is -2.51. The van der Waals surface area contributed by atoms with Crippen molar-refractivity contribution in [1.82, 2.24) is 20.1 Å². The number of rotatable bonds is 16. The first kappa shape index (κ1) is 36.5. The summed E-state index contributed by atoms with van der Waals surface area (Å²) in [4.78, 5) is 36.1. The number of hydrogen-bond donors (Lipinski definition) is 2. The number of pyridine rings is 1. The van der Waals surface area contributed by atoms with Gasteiger partial charge in [-0.1, -0.05) is 66.7 Å². The minimum absolute atomic E-state index is 0.0901. The normalized spacial score (nSPS) is 18.8. The maximum absolute atomic E-state index is 13.8. The van der Waals surface area contributed by atoms with Crippen molar-refractivity contribution in [3.63, 3.8) is 0 Å². The number of aromatic nitrogens is 1. The average Bonchev–Trinajstić information content (AvgIpc) is 3.17. The zero-order valence-corrected chi connectivity index (χ0v) is 29.9. The fraction of sp³-hybridized carbons (Fsp3) is 0.465. The summed E-state index contributed by atoms with van der Waals surface area (Å²) in [6.07, 6.45) is 10.4. The zero-order valence-electron chi connectivity index (χ0n) is 29.9. The Morgan fingerprint density at radius 2 is 1.49 bits per heavy atom. The number of fused-ring (bicyclic) bond motifs is 1. The minimum Gasteiger partial charge on any atom is -0.490 e. The number of β-amino-alcohol motifs (C(OH)–C–C–N with tert-alkyl or cyclic N) is 1. The molecule has 0 aliphatic carbocycles. The molecule has 2 saturated heterocycles. The standard InChI is InChI=1S/C43H54N4O4/c48-38(32-51-41-25-9-24-40-39(41)23-10-26-44-40)31-46-27-11-20-36(29-46)43(50)47-28-12-19-35(30-47)42(49)45-37(21-7-17-33-13-3-1-4-14-33)22-8-18-34-15-5-2-6-16-34/h1-6,9-10,13-16,23-26,35-38,48H,7-8,11-12,17-22,27-32H2,(H,45,49)/t35?,36?,38-/m1/s1. The molecule has 270 valence electrons. The van der Waals surface area contributed by atoms with E-state index in [2.05, 4.69) is 63.7 Å². The van der Waals surface area contributed by atoms with Crippen LogP contribution in [0.15, 0.2) is 97.2 Å². The third-order valence-corrected chi connectivity index (χ3v) is 10.5. The van der Waals surface area contributed by atoms with Gasteiger partial charge in [-0.3, -0.25) is 19.5 Å². The highest BCUT2D eigenvalue weighted by atomic mass is 16.5. The molecule has 3 aromatic carbocycles. The van der Waals surface area contributed by atoms with Gasteiger partial charge in [0.25, 0.3) is 0 Å². The zero-order chi connectivity index (χ0) is 35.3. The second-order valence-electron chi connectivity index (χ2n) is 14.5. The molecular formula is C43H54N4O4. The van der Waals surface area contributed by atoms with Crippen molar-refractivity contribution >= 4 is 22.7 Å². The molecule has 3 heterocycles. The van der Waals surface area contributed by atoms with Crippen LogP contribution in [0.1, 0.15) is 62.5 Å². The number of nitrogens with zero attached hydrogens (tertiary/aromatic N) is 3. The second kappa shape index (κ2) is 18.8. The molecule has 6 rings (SSSR count). The van der Waals surface area contributed by atoms with Crippen LogP contribution in [0.25, 0.3) is 10.9 Å². The lowest BCUT2D eigenvalue weighted by atomic mass is 9.92. The molecule has 2 aliphatic heterocycles. The third kappa shape index (κ3) is 10.9. The third-order valence-electron chi connectivity index (χ3n) is 10.5. The van der Waals surface area contributed by atoms with Gasteiger partial charge in [0.05, 0.1) is 17.4 Å². The molecule has 0 radical (unpaired) electrons. The summed E-state index contributed by atoms with van der Waals surface area (Å²) in [5, 5.41) is 15.2. The van der Waals surface area contributed by atoms with E-state index in [-0.39, 0.29) is 36.3 Å². The molecule has 2 aliphatic rings. The molecule has 0 saturated carbocycles. The minimum atomic E-state index is -0.679. The summed E-state index contributed by atoms with van der Waals surface area (Å²) in [5.41, 5.74) is 3.52. The largest absolute Gasteiger partial charge is 0.490 e. The highest BCUT2D eigenvalue weighted by Crippen LogP contribution is 2.26. The molecule has 1 aromatic heterocycles. The Kier molecular flexibility index (Phi) is 13.5. The molecular weight excluding hydrogens is 636 g/mol. The molecule has 0 spiro atoms. The van der Waals surface area contributed by atoms with Crippen LogP contribution in [0.2, 0.25) is 0 Å². The summed E-state index contributed by atoms with van der Waals surface area (Å²) >= 11 is 0. The number of amides is 2. The number of carbonyl (C=O) groups excluding carboxylic acids is 2. The Balaban J connectivity index is 0.978. The first-order chi connectivity index (χ1) is 25.0. The fourth-order valence-corrected chi connectivity index (χ4v) is 7.81. The molecule has 8 heteroatoms. The van der Waals surface area contributed by atoms with Crippen molar-refractivity contribution in [2.75, 3.05) is 39.3 Å². The van der Waals surface area contributed by atoms with Crippen molar-refractivity contribution in [3.05, 3.63) is 108 Å². The van der Waals surface area contributed by atoms with Crippen LogP contribution in [0.5, 0.6) is 5.75 Å². The van der Waals surface area contributed by atoms with E-state index < -0.39 is 6.10 Å². The van der Waals surface area contributed by atoms with E-state index in [1.54, 1.807) is 6.20 Å². The summed E-state index contributed by atoms with van der Waals surface area (Å²) in [7, 11) is 0. The summed E-state index contributed by atoms with van der Waals surface area (Å²) < 4.78 is 6.01. The second-order valence-corrected chi connectivity index (χ2v) is 14.5. The molecule has 0 bridgehead atoms. The molecule has 2 amide bonds. The molecule has 3 atom stereocenters. The Morgan fingerprint density at radius 1 is 0.804 bits per heavy atom. The van der Waals surface area contributed by atoms with Gasteiger partial charge in [-0.05, 0) is 106 Å². The van der Waals surface area contributed by atoms with Gasteiger partial charge < -0.3 is 20.1 Å². The Morgan fingerprint density at radius 3 is 2.22 bits per heavy atom. The van der Waals surface area contributed by atoms with E-state index in [9.17, 15) is 14.7 Å². The maximum atomic E-state index is 13.8. The fourth-order valence-electron chi connectivity index (χ4n) is 7.81. The van der Waals surface area contributed by atoms with Gasteiger partial charge in [0.1, 0.15) is 18.5 Å². The number of benzene rings is 3. The Labute approximate surface area is 303 Å². The lowest BCUT2D eigenvalue weighted by molar-refractivity contribution is -0.141. The summed E-state index contributed by atoms with van der Waals surface area (Å²) in [6.45, 7) is 3.27. The number of aliphatic hydroxyl groups excluding tert-OH is 1. The van der Waals surface area contributed by atoms with E-state index in [0.717, 1.165) is 81.7 Å². The van der Waals surface area contributed by atoms with E-state index in [0.29, 0.717) is 31.9 Å². The number of ether oxygens (including phenoxy) is 1. The van der Waals surface area contributed by atoms with E-state index in [1.165, 1.54) is 11.1 Å². The van der Waals surface area contributed by atoms with Gasteiger partial charge in [0.15, 0.2) is 0 Å².